The molecule has 0 bridgehead atoms. The lowest BCUT2D eigenvalue weighted by atomic mass is 10.2. The number of primary amides is 1. The van der Waals surface area contributed by atoms with Crippen molar-refractivity contribution in [2.45, 2.75) is 0 Å². The Balaban J connectivity index is 1.79. The Labute approximate surface area is 142 Å². The highest BCUT2D eigenvalue weighted by Gasteiger charge is 2.12. The number of amides is 1. The van der Waals surface area contributed by atoms with Gasteiger partial charge in [0.05, 0.1) is 18.2 Å². The van der Waals surface area contributed by atoms with Crippen LogP contribution >= 0.6 is 0 Å². The van der Waals surface area contributed by atoms with Gasteiger partial charge in [-0.2, -0.15) is 5.10 Å². The molecule has 4 aromatic rings. The van der Waals surface area contributed by atoms with Gasteiger partial charge in [-0.25, -0.2) is 14.5 Å². The molecule has 0 aliphatic rings. The van der Waals surface area contributed by atoms with E-state index in [9.17, 15) is 4.79 Å². The molecule has 1 radical (unpaired) electrons. The quantitative estimate of drug-likeness (QED) is 0.614. The summed E-state index contributed by atoms with van der Waals surface area (Å²) >= 11 is 0. The van der Waals surface area contributed by atoms with E-state index in [1.54, 1.807) is 29.2 Å². The van der Waals surface area contributed by atoms with Gasteiger partial charge in [0, 0.05) is 37.1 Å². The first-order chi connectivity index (χ1) is 12.1. The predicted octanol–water partition coefficient (Wildman–Crippen LogP) is 1.82. The maximum atomic E-state index is 11.3. The second kappa shape index (κ2) is 5.75. The van der Waals surface area contributed by atoms with Gasteiger partial charge in [-0.05, 0) is 18.2 Å². The molecule has 4 aromatic heterocycles. The van der Waals surface area contributed by atoms with Gasteiger partial charge in [-0.1, -0.05) is 0 Å². The zero-order chi connectivity index (χ0) is 17.4. The SMILES string of the molecule is Cn1cnc(-c2cc(Oc3cc[c]c(C(N)=O)n3)c3ccnn3c2)c1. The van der Waals surface area contributed by atoms with E-state index in [-0.39, 0.29) is 11.6 Å². The number of carbonyl (C=O) groups excluding carboxylic acids is 1. The number of hydrogen-bond donors (Lipinski definition) is 1. The third-order valence-electron chi connectivity index (χ3n) is 3.59. The highest BCUT2D eigenvalue weighted by molar-refractivity contribution is 5.90. The van der Waals surface area contributed by atoms with Crippen LogP contribution in [0.5, 0.6) is 11.6 Å². The van der Waals surface area contributed by atoms with E-state index in [1.807, 2.05) is 36.1 Å². The molecule has 0 aliphatic carbocycles. The van der Waals surface area contributed by atoms with E-state index in [1.165, 1.54) is 0 Å². The third kappa shape index (κ3) is 2.80. The highest BCUT2D eigenvalue weighted by atomic mass is 16.5. The average Bonchev–Trinajstić information content (AvgIpc) is 3.23. The molecule has 0 unspecified atom stereocenters. The number of nitrogens with zero attached hydrogens (tertiary/aromatic N) is 5. The van der Waals surface area contributed by atoms with Crippen LogP contribution in [-0.2, 0) is 7.05 Å². The van der Waals surface area contributed by atoms with Crippen LogP contribution in [0, 0.1) is 6.07 Å². The van der Waals surface area contributed by atoms with Crippen LogP contribution in [-0.4, -0.2) is 30.1 Å². The highest BCUT2D eigenvalue weighted by Crippen LogP contribution is 2.30. The molecule has 8 nitrogen and oxygen atoms in total. The summed E-state index contributed by atoms with van der Waals surface area (Å²) in [5, 5.41) is 4.26. The summed E-state index contributed by atoms with van der Waals surface area (Å²) in [6, 6.07) is 9.48. The van der Waals surface area contributed by atoms with E-state index in [0.717, 1.165) is 16.8 Å². The minimum absolute atomic E-state index is 0.0166. The lowest BCUT2D eigenvalue weighted by Crippen LogP contribution is -2.13. The smallest absolute Gasteiger partial charge is 0.268 e. The third-order valence-corrected chi connectivity index (χ3v) is 3.59. The van der Waals surface area contributed by atoms with Gasteiger partial charge in [0.25, 0.3) is 5.91 Å². The van der Waals surface area contributed by atoms with Crippen molar-refractivity contribution in [1.82, 2.24) is 24.1 Å². The first kappa shape index (κ1) is 14.9. The maximum Gasteiger partial charge on any atom is 0.268 e. The Morgan fingerprint density at radius 1 is 1.32 bits per heavy atom. The van der Waals surface area contributed by atoms with Crippen LogP contribution < -0.4 is 10.5 Å². The van der Waals surface area contributed by atoms with Crippen molar-refractivity contribution in [2.24, 2.45) is 12.8 Å². The summed E-state index contributed by atoms with van der Waals surface area (Å²) < 4.78 is 9.43. The number of aromatic nitrogens is 5. The number of hydrogen-bond acceptors (Lipinski definition) is 5. The summed E-state index contributed by atoms with van der Waals surface area (Å²) in [5.74, 6) is 0.116. The van der Waals surface area contributed by atoms with Gasteiger partial charge in [0.1, 0.15) is 11.2 Å². The number of carbonyl (C=O) groups is 1. The summed E-state index contributed by atoms with van der Waals surface area (Å²) in [4.78, 5) is 19.7. The Morgan fingerprint density at radius 3 is 2.96 bits per heavy atom. The molecule has 1 amide bonds. The number of pyridine rings is 2. The minimum atomic E-state index is -0.665. The minimum Gasteiger partial charge on any atom is -0.437 e. The molecule has 2 N–H and O–H groups in total. The van der Waals surface area contributed by atoms with E-state index in [2.05, 4.69) is 21.1 Å². The molecule has 0 spiro atoms. The van der Waals surface area contributed by atoms with Gasteiger partial charge in [-0.3, -0.25) is 4.79 Å². The zero-order valence-electron chi connectivity index (χ0n) is 13.2. The van der Waals surface area contributed by atoms with Crippen LogP contribution in [0.3, 0.4) is 0 Å². The van der Waals surface area contributed by atoms with Crippen molar-refractivity contribution in [3.05, 3.63) is 60.9 Å². The molecule has 0 aromatic carbocycles. The Kier molecular flexibility index (Phi) is 3.42. The molecule has 4 heterocycles. The number of aryl methyl sites for hydroxylation is 1. The zero-order valence-corrected chi connectivity index (χ0v) is 13.2. The van der Waals surface area contributed by atoms with Crippen molar-refractivity contribution in [3.8, 4) is 22.9 Å². The lowest BCUT2D eigenvalue weighted by molar-refractivity contribution is 0.0994. The fourth-order valence-corrected chi connectivity index (χ4v) is 2.45. The molecule has 8 heteroatoms. The molecule has 0 atom stereocenters. The van der Waals surface area contributed by atoms with Crippen molar-refractivity contribution in [3.63, 3.8) is 0 Å². The van der Waals surface area contributed by atoms with Crippen LogP contribution in [0.2, 0.25) is 0 Å². The average molecular weight is 333 g/mol. The van der Waals surface area contributed by atoms with Crippen LogP contribution in [0.25, 0.3) is 16.8 Å². The number of rotatable bonds is 4. The fraction of sp³-hybridized carbons (Fsp3) is 0.0588. The Bertz CT molecular complexity index is 1080. The van der Waals surface area contributed by atoms with Gasteiger partial charge in [0.2, 0.25) is 5.88 Å². The van der Waals surface area contributed by atoms with Crippen molar-refractivity contribution in [2.75, 3.05) is 0 Å². The van der Waals surface area contributed by atoms with Gasteiger partial charge < -0.3 is 15.0 Å². The summed E-state index contributed by atoms with van der Waals surface area (Å²) in [5.41, 5.74) is 7.64. The van der Waals surface area contributed by atoms with E-state index >= 15 is 0 Å². The number of fused-ring (bicyclic) bond motifs is 1. The van der Waals surface area contributed by atoms with Crippen LogP contribution in [0.15, 0.2) is 49.2 Å². The normalized spacial score (nSPS) is 10.9. The second-order valence-electron chi connectivity index (χ2n) is 5.42. The van der Waals surface area contributed by atoms with Crippen molar-refractivity contribution < 1.29 is 9.53 Å². The van der Waals surface area contributed by atoms with Gasteiger partial charge >= 0.3 is 0 Å². The Hall–Kier alpha value is -3.68. The lowest BCUT2D eigenvalue weighted by Gasteiger charge is -2.09. The first-order valence-electron chi connectivity index (χ1n) is 7.42. The summed E-state index contributed by atoms with van der Waals surface area (Å²) in [6.45, 7) is 0. The fourth-order valence-electron chi connectivity index (χ4n) is 2.45. The van der Waals surface area contributed by atoms with Crippen molar-refractivity contribution in [1.29, 1.82) is 0 Å². The summed E-state index contributed by atoms with van der Waals surface area (Å²) in [6.07, 6.45) is 7.16. The molecule has 0 saturated carbocycles. The Morgan fingerprint density at radius 2 is 2.20 bits per heavy atom. The van der Waals surface area contributed by atoms with E-state index < -0.39 is 5.91 Å². The molecule has 0 saturated heterocycles. The second-order valence-corrected chi connectivity index (χ2v) is 5.42. The number of ether oxygens (including phenoxy) is 1. The summed E-state index contributed by atoms with van der Waals surface area (Å²) in [7, 11) is 1.90. The molecule has 4 rings (SSSR count). The molecule has 0 aliphatic heterocycles. The van der Waals surface area contributed by atoms with Crippen LogP contribution in [0.4, 0.5) is 0 Å². The maximum absolute atomic E-state index is 11.3. The van der Waals surface area contributed by atoms with Crippen LogP contribution in [0.1, 0.15) is 10.5 Å². The first-order valence-corrected chi connectivity index (χ1v) is 7.42. The van der Waals surface area contributed by atoms with Crippen molar-refractivity contribution >= 4 is 11.4 Å². The molecule has 25 heavy (non-hydrogen) atoms. The number of imidazole rings is 1. The molecule has 0 fully saturated rings. The van der Waals surface area contributed by atoms with Gasteiger partial charge in [0.15, 0.2) is 5.75 Å². The van der Waals surface area contributed by atoms with E-state index in [0.29, 0.717) is 5.75 Å². The van der Waals surface area contributed by atoms with E-state index in [4.69, 9.17) is 10.5 Å². The van der Waals surface area contributed by atoms with Gasteiger partial charge in [-0.15, -0.1) is 0 Å². The largest absolute Gasteiger partial charge is 0.437 e. The number of nitrogens with two attached hydrogens (primary N) is 1. The standard InChI is InChI=1S/C17H13N6O2/c1-22-9-13(19-10-22)11-7-15(14-5-6-20-23(14)8-11)25-16-4-2-3-12(21-16)17(18)24/h2,4-10H,1H3,(H2,18,24). The molecular weight excluding hydrogens is 320 g/mol. The predicted molar refractivity (Wildman–Crippen MR) is 89.1 cm³/mol. The monoisotopic (exact) mass is 333 g/mol. The molecule has 123 valence electrons. The topological polar surface area (TPSA) is 100 Å². The molecular formula is C17H13N6O2.